The monoisotopic (exact) mass is 344 g/mol. The number of hydrogen-bond donors (Lipinski definition) is 1. The maximum absolute atomic E-state index is 11.9. The molecule has 0 saturated heterocycles. The Morgan fingerprint density at radius 2 is 1.77 bits per heavy atom. The Labute approximate surface area is 151 Å². The number of nitrogens with zero attached hydrogens (tertiary/aromatic N) is 3. The van der Waals surface area contributed by atoms with Gasteiger partial charge < -0.3 is 5.32 Å². The molecule has 4 aromatic rings. The van der Waals surface area contributed by atoms with Crippen molar-refractivity contribution in [2.24, 2.45) is 0 Å². The van der Waals surface area contributed by atoms with Gasteiger partial charge in [-0.15, -0.1) is 15.0 Å². The van der Waals surface area contributed by atoms with E-state index in [-0.39, 0.29) is 5.91 Å². The Bertz CT molecular complexity index is 1110. The van der Waals surface area contributed by atoms with Crippen LogP contribution in [0.5, 0.6) is 0 Å². The van der Waals surface area contributed by atoms with E-state index in [0.29, 0.717) is 6.42 Å². The molecule has 130 valence electrons. The van der Waals surface area contributed by atoms with E-state index in [1.807, 2.05) is 50.2 Å². The number of carbonyl (C=O) groups is 1. The first kappa shape index (κ1) is 16.3. The molecule has 0 aliphatic rings. The number of amides is 1. The van der Waals surface area contributed by atoms with Crippen molar-refractivity contribution in [3.05, 3.63) is 60.2 Å². The molecule has 0 saturated carbocycles. The molecule has 0 aliphatic carbocycles. The average molecular weight is 344 g/mol. The topological polar surface area (TPSA) is 59.8 Å². The van der Waals surface area contributed by atoms with E-state index >= 15 is 0 Å². The molecule has 4 rings (SSSR count). The van der Waals surface area contributed by atoms with E-state index in [1.165, 1.54) is 0 Å². The molecule has 26 heavy (non-hydrogen) atoms. The molecule has 0 unspecified atom stereocenters. The first-order valence-corrected chi connectivity index (χ1v) is 8.81. The number of fused-ring (bicyclic) bond motifs is 2. The fraction of sp³-hybridized carbons (Fsp3) is 0.190. The van der Waals surface area contributed by atoms with Gasteiger partial charge in [0.15, 0.2) is 0 Å². The first-order valence-electron chi connectivity index (χ1n) is 8.81. The highest BCUT2D eigenvalue weighted by atomic mass is 16.1. The Hall–Kier alpha value is -3.21. The second-order valence-electron chi connectivity index (χ2n) is 6.44. The molecule has 0 bridgehead atoms. The van der Waals surface area contributed by atoms with E-state index in [0.717, 1.165) is 45.2 Å². The molecule has 1 aromatic heterocycles. The SMILES string of the molecule is CCCC(=O)Nc1cc2nn(-c3cccc4ccccc34)nc2cc1C. The van der Waals surface area contributed by atoms with Crippen LogP contribution in [0.2, 0.25) is 0 Å². The summed E-state index contributed by atoms with van der Waals surface area (Å²) < 4.78 is 0. The van der Waals surface area contributed by atoms with Crippen molar-refractivity contribution in [3.63, 3.8) is 0 Å². The van der Waals surface area contributed by atoms with Crippen molar-refractivity contribution in [1.29, 1.82) is 0 Å². The number of anilines is 1. The zero-order valence-electron chi connectivity index (χ0n) is 14.9. The van der Waals surface area contributed by atoms with Crippen molar-refractivity contribution < 1.29 is 4.79 Å². The molecule has 5 nitrogen and oxygen atoms in total. The Morgan fingerprint density at radius 1 is 1.04 bits per heavy atom. The lowest BCUT2D eigenvalue weighted by molar-refractivity contribution is -0.116. The molecular formula is C21H20N4O. The Balaban J connectivity index is 1.79. The van der Waals surface area contributed by atoms with Gasteiger partial charge in [-0.2, -0.15) is 0 Å². The van der Waals surface area contributed by atoms with Gasteiger partial charge >= 0.3 is 0 Å². The van der Waals surface area contributed by atoms with E-state index in [2.05, 4.69) is 33.7 Å². The van der Waals surface area contributed by atoms with Crippen molar-refractivity contribution in [1.82, 2.24) is 15.0 Å². The van der Waals surface area contributed by atoms with Gasteiger partial charge in [0.1, 0.15) is 11.0 Å². The highest BCUT2D eigenvalue weighted by molar-refractivity contribution is 5.94. The molecule has 0 atom stereocenters. The molecule has 1 heterocycles. The standard InChI is InChI=1S/C21H20N4O/c1-3-7-21(26)22-17-13-19-18(12-14(17)2)23-25(24-19)20-11-6-9-15-8-4-5-10-16(15)20/h4-6,8-13H,3,7H2,1-2H3,(H,22,26). The van der Waals surface area contributed by atoms with Crippen LogP contribution in [0.25, 0.3) is 27.5 Å². The number of rotatable bonds is 4. The van der Waals surface area contributed by atoms with Gasteiger partial charge in [0.2, 0.25) is 5.91 Å². The Morgan fingerprint density at radius 3 is 2.58 bits per heavy atom. The number of benzene rings is 3. The molecule has 0 fully saturated rings. The van der Waals surface area contributed by atoms with Crippen LogP contribution in [0.3, 0.4) is 0 Å². The van der Waals surface area contributed by atoms with Crippen LogP contribution >= 0.6 is 0 Å². The number of hydrogen-bond acceptors (Lipinski definition) is 3. The maximum atomic E-state index is 11.9. The smallest absolute Gasteiger partial charge is 0.224 e. The summed E-state index contributed by atoms with van der Waals surface area (Å²) in [7, 11) is 0. The normalized spacial score (nSPS) is 11.2. The van der Waals surface area contributed by atoms with Crippen LogP contribution in [0, 0.1) is 6.92 Å². The number of carbonyl (C=O) groups excluding carboxylic acids is 1. The lowest BCUT2D eigenvalue weighted by Gasteiger charge is -2.07. The van der Waals surface area contributed by atoms with Crippen molar-refractivity contribution in [2.45, 2.75) is 26.7 Å². The second-order valence-corrected chi connectivity index (χ2v) is 6.44. The minimum absolute atomic E-state index is 0.0244. The predicted octanol–water partition coefficient (Wildman–Crippen LogP) is 4.62. The fourth-order valence-electron chi connectivity index (χ4n) is 3.13. The summed E-state index contributed by atoms with van der Waals surface area (Å²) in [5, 5.41) is 14.5. The largest absolute Gasteiger partial charge is 0.326 e. The van der Waals surface area contributed by atoms with Crippen molar-refractivity contribution in [2.75, 3.05) is 5.32 Å². The summed E-state index contributed by atoms with van der Waals surface area (Å²) in [5.74, 6) is 0.0244. The maximum Gasteiger partial charge on any atom is 0.224 e. The zero-order chi connectivity index (χ0) is 18.1. The first-order chi connectivity index (χ1) is 12.7. The molecule has 0 spiro atoms. The van der Waals surface area contributed by atoms with Crippen LogP contribution in [0.4, 0.5) is 5.69 Å². The molecule has 5 heteroatoms. The summed E-state index contributed by atoms with van der Waals surface area (Å²) >= 11 is 0. The van der Waals surface area contributed by atoms with Crippen LogP contribution in [0.1, 0.15) is 25.3 Å². The summed E-state index contributed by atoms with van der Waals surface area (Å²) in [6.45, 7) is 3.96. The lowest BCUT2D eigenvalue weighted by atomic mass is 10.1. The van der Waals surface area contributed by atoms with Gasteiger partial charge in [0.25, 0.3) is 0 Å². The van der Waals surface area contributed by atoms with Crippen LogP contribution in [0.15, 0.2) is 54.6 Å². The van der Waals surface area contributed by atoms with Crippen LogP contribution in [-0.2, 0) is 4.79 Å². The highest BCUT2D eigenvalue weighted by Crippen LogP contribution is 2.25. The van der Waals surface area contributed by atoms with Gasteiger partial charge in [0, 0.05) is 17.5 Å². The van der Waals surface area contributed by atoms with Gasteiger partial charge in [-0.3, -0.25) is 4.79 Å². The molecule has 0 radical (unpaired) electrons. The summed E-state index contributed by atoms with van der Waals surface area (Å²) in [6, 6.07) is 18.1. The van der Waals surface area contributed by atoms with E-state index in [1.54, 1.807) is 4.80 Å². The van der Waals surface area contributed by atoms with Gasteiger partial charge in [-0.25, -0.2) is 0 Å². The zero-order valence-corrected chi connectivity index (χ0v) is 14.9. The molecule has 1 N–H and O–H groups in total. The van der Waals surface area contributed by atoms with Gasteiger partial charge in [-0.1, -0.05) is 43.3 Å². The minimum atomic E-state index is 0.0244. The van der Waals surface area contributed by atoms with E-state index in [4.69, 9.17) is 0 Å². The lowest BCUT2D eigenvalue weighted by Crippen LogP contribution is -2.11. The third-order valence-corrected chi connectivity index (χ3v) is 4.46. The quantitative estimate of drug-likeness (QED) is 0.587. The van der Waals surface area contributed by atoms with Crippen molar-refractivity contribution >= 4 is 33.4 Å². The summed E-state index contributed by atoms with van der Waals surface area (Å²) in [4.78, 5) is 13.6. The molecule has 1 amide bonds. The number of nitrogens with one attached hydrogen (secondary N) is 1. The van der Waals surface area contributed by atoms with E-state index < -0.39 is 0 Å². The fourth-order valence-corrected chi connectivity index (χ4v) is 3.13. The van der Waals surface area contributed by atoms with Crippen molar-refractivity contribution in [3.8, 4) is 5.69 Å². The highest BCUT2D eigenvalue weighted by Gasteiger charge is 2.11. The van der Waals surface area contributed by atoms with Crippen LogP contribution < -0.4 is 5.32 Å². The molecule has 0 aliphatic heterocycles. The van der Waals surface area contributed by atoms with Gasteiger partial charge in [0.05, 0.1) is 5.69 Å². The Kier molecular flexibility index (Phi) is 4.13. The van der Waals surface area contributed by atoms with Gasteiger partial charge in [-0.05, 0) is 42.5 Å². The molecular weight excluding hydrogens is 324 g/mol. The minimum Gasteiger partial charge on any atom is -0.326 e. The predicted molar refractivity (Wildman–Crippen MR) is 105 cm³/mol. The second kappa shape index (κ2) is 6.59. The average Bonchev–Trinajstić information content (AvgIpc) is 3.04. The number of aryl methyl sites for hydroxylation is 1. The number of aromatic nitrogens is 3. The van der Waals surface area contributed by atoms with Crippen LogP contribution in [-0.4, -0.2) is 20.9 Å². The summed E-state index contributed by atoms with van der Waals surface area (Å²) in [6.07, 6.45) is 1.34. The third kappa shape index (κ3) is 2.92. The third-order valence-electron chi connectivity index (χ3n) is 4.46. The molecule has 3 aromatic carbocycles. The van der Waals surface area contributed by atoms with E-state index in [9.17, 15) is 4.79 Å². The summed E-state index contributed by atoms with van der Waals surface area (Å²) in [5.41, 5.74) is 4.28.